The van der Waals surface area contributed by atoms with Crippen molar-refractivity contribution in [2.75, 3.05) is 38.3 Å². The van der Waals surface area contributed by atoms with Crippen LogP contribution >= 0.6 is 0 Å². The van der Waals surface area contributed by atoms with Gasteiger partial charge in [0.05, 0.1) is 20.3 Å². The highest BCUT2D eigenvalue weighted by atomic mass is 16.6. The van der Waals surface area contributed by atoms with Crippen molar-refractivity contribution in [1.29, 1.82) is 0 Å². The van der Waals surface area contributed by atoms with Gasteiger partial charge in [-0.15, -0.1) is 0 Å². The number of aromatic nitrogens is 2. The number of aryl methyl sites for hydroxylation is 1. The summed E-state index contributed by atoms with van der Waals surface area (Å²) in [5, 5.41) is 0. The third-order valence-electron chi connectivity index (χ3n) is 5.06. The van der Waals surface area contributed by atoms with Crippen LogP contribution in [-0.4, -0.2) is 61.7 Å². The molecule has 28 heavy (non-hydrogen) atoms. The van der Waals surface area contributed by atoms with Gasteiger partial charge in [-0.3, -0.25) is 0 Å². The van der Waals surface area contributed by atoms with E-state index in [1.165, 1.54) is 5.56 Å². The summed E-state index contributed by atoms with van der Waals surface area (Å²) < 4.78 is 23.5. The summed E-state index contributed by atoms with van der Waals surface area (Å²) in [5.74, 6) is 2.26. The minimum atomic E-state index is -0.143. The standard InChI is InChI=1S/C21H27N3O4/c1-3-5-15-9-22-21(23-10-15)24-11-19-20(12-24)27-14-18(13-26-19)28-17-7-4-6-16(8-17)25-2/h4,6-10,18-20H,3,5,11-14H2,1-2H3/t19-,20-/m0/s1. The van der Waals surface area contributed by atoms with Crippen LogP contribution in [0.5, 0.6) is 11.5 Å². The van der Waals surface area contributed by atoms with Crippen LogP contribution in [0, 0.1) is 0 Å². The molecule has 1 aromatic carbocycles. The van der Waals surface area contributed by atoms with E-state index in [0.717, 1.165) is 43.4 Å². The van der Waals surface area contributed by atoms with Crippen LogP contribution in [0.2, 0.25) is 0 Å². The van der Waals surface area contributed by atoms with E-state index < -0.39 is 0 Å². The van der Waals surface area contributed by atoms with Crippen LogP contribution in [-0.2, 0) is 15.9 Å². The van der Waals surface area contributed by atoms with Gasteiger partial charge in [0, 0.05) is 31.5 Å². The number of methoxy groups -OCH3 is 1. The first-order valence-electron chi connectivity index (χ1n) is 9.85. The molecule has 2 atom stereocenters. The van der Waals surface area contributed by atoms with E-state index in [9.17, 15) is 0 Å². The number of rotatable bonds is 6. The smallest absolute Gasteiger partial charge is 0.225 e. The van der Waals surface area contributed by atoms with E-state index in [-0.39, 0.29) is 18.3 Å². The zero-order chi connectivity index (χ0) is 19.3. The maximum absolute atomic E-state index is 6.10. The number of ether oxygens (including phenoxy) is 4. The first-order valence-corrected chi connectivity index (χ1v) is 9.85. The number of hydrogen-bond acceptors (Lipinski definition) is 7. The summed E-state index contributed by atoms with van der Waals surface area (Å²) in [7, 11) is 1.64. The summed E-state index contributed by atoms with van der Waals surface area (Å²) in [6, 6.07) is 7.58. The third kappa shape index (κ3) is 4.36. The Hall–Kier alpha value is -2.38. The van der Waals surface area contributed by atoms with Crippen LogP contribution in [0.3, 0.4) is 0 Å². The fraction of sp³-hybridized carbons (Fsp3) is 0.524. The molecule has 0 bridgehead atoms. The van der Waals surface area contributed by atoms with Crippen LogP contribution in [0.15, 0.2) is 36.7 Å². The summed E-state index contributed by atoms with van der Waals surface area (Å²) >= 11 is 0. The van der Waals surface area contributed by atoms with Crippen LogP contribution in [0.25, 0.3) is 0 Å². The van der Waals surface area contributed by atoms with Gasteiger partial charge in [-0.1, -0.05) is 19.4 Å². The van der Waals surface area contributed by atoms with Gasteiger partial charge >= 0.3 is 0 Å². The maximum Gasteiger partial charge on any atom is 0.225 e. The van der Waals surface area contributed by atoms with Gasteiger partial charge in [0.2, 0.25) is 5.95 Å². The summed E-state index contributed by atoms with van der Waals surface area (Å²) in [6.07, 6.45) is 5.79. The second kappa shape index (κ2) is 8.75. The Balaban J connectivity index is 1.33. The second-order valence-electron chi connectivity index (χ2n) is 7.21. The molecule has 2 aliphatic rings. The summed E-state index contributed by atoms with van der Waals surface area (Å²) in [5.41, 5.74) is 1.17. The van der Waals surface area contributed by atoms with E-state index in [2.05, 4.69) is 21.8 Å². The highest BCUT2D eigenvalue weighted by molar-refractivity contribution is 5.34. The molecule has 3 heterocycles. The number of nitrogens with zero attached hydrogens (tertiary/aromatic N) is 3. The summed E-state index contributed by atoms with van der Waals surface area (Å²) in [4.78, 5) is 11.2. The van der Waals surface area contributed by atoms with Crippen molar-refractivity contribution in [1.82, 2.24) is 9.97 Å². The van der Waals surface area contributed by atoms with Gasteiger partial charge < -0.3 is 23.8 Å². The molecule has 150 valence electrons. The SMILES string of the molecule is CCCc1cnc(N2C[C@@H]3OCC(Oc4cccc(OC)c4)CO[C@H]3C2)nc1. The summed E-state index contributed by atoms with van der Waals surface area (Å²) in [6.45, 7) is 4.58. The molecule has 2 fully saturated rings. The topological polar surface area (TPSA) is 65.9 Å². The van der Waals surface area contributed by atoms with E-state index in [0.29, 0.717) is 13.2 Å². The minimum Gasteiger partial charge on any atom is -0.497 e. The predicted molar refractivity (Wildman–Crippen MR) is 105 cm³/mol. The fourth-order valence-corrected chi connectivity index (χ4v) is 3.60. The fourth-order valence-electron chi connectivity index (χ4n) is 3.60. The lowest BCUT2D eigenvalue weighted by Gasteiger charge is -2.19. The molecule has 0 saturated carbocycles. The van der Waals surface area contributed by atoms with Crippen molar-refractivity contribution in [2.45, 2.75) is 38.1 Å². The molecule has 0 N–H and O–H groups in total. The third-order valence-corrected chi connectivity index (χ3v) is 5.06. The lowest BCUT2D eigenvalue weighted by atomic mass is 10.2. The molecule has 0 aliphatic carbocycles. The molecule has 2 aliphatic heterocycles. The van der Waals surface area contributed by atoms with E-state index >= 15 is 0 Å². The van der Waals surface area contributed by atoms with Gasteiger partial charge in [-0.05, 0) is 24.1 Å². The lowest BCUT2D eigenvalue weighted by Crippen LogP contribution is -2.30. The van der Waals surface area contributed by atoms with E-state index in [4.69, 9.17) is 18.9 Å². The minimum absolute atomic E-state index is 0.00201. The predicted octanol–water partition coefficient (Wildman–Crippen LogP) is 2.49. The quantitative estimate of drug-likeness (QED) is 0.757. The van der Waals surface area contributed by atoms with Crippen molar-refractivity contribution in [3.63, 3.8) is 0 Å². The Bertz CT molecular complexity index is 755. The molecular weight excluding hydrogens is 358 g/mol. The first kappa shape index (κ1) is 19.0. The lowest BCUT2D eigenvalue weighted by molar-refractivity contribution is -0.00461. The monoisotopic (exact) mass is 385 g/mol. The van der Waals surface area contributed by atoms with Crippen molar-refractivity contribution in [3.05, 3.63) is 42.2 Å². The van der Waals surface area contributed by atoms with Crippen molar-refractivity contribution < 1.29 is 18.9 Å². The Morgan fingerprint density at radius 3 is 2.39 bits per heavy atom. The molecule has 2 saturated heterocycles. The van der Waals surface area contributed by atoms with Gasteiger partial charge in [0.25, 0.3) is 0 Å². The van der Waals surface area contributed by atoms with Gasteiger partial charge in [-0.25, -0.2) is 9.97 Å². The molecule has 2 aromatic rings. The second-order valence-corrected chi connectivity index (χ2v) is 7.21. The molecule has 0 spiro atoms. The highest BCUT2D eigenvalue weighted by Crippen LogP contribution is 2.25. The zero-order valence-electron chi connectivity index (χ0n) is 16.4. The molecule has 7 nitrogen and oxygen atoms in total. The first-order chi connectivity index (χ1) is 13.7. The van der Waals surface area contributed by atoms with Crippen molar-refractivity contribution in [3.8, 4) is 11.5 Å². The average molecular weight is 385 g/mol. The van der Waals surface area contributed by atoms with Crippen molar-refractivity contribution >= 4 is 5.95 Å². The largest absolute Gasteiger partial charge is 0.497 e. The van der Waals surface area contributed by atoms with Gasteiger partial charge in [0.1, 0.15) is 29.8 Å². The van der Waals surface area contributed by atoms with E-state index in [1.54, 1.807) is 7.11 Å². The van der Waals surface area contributed by atoms with Crippen LogP contribution in [0.1, 0.15) is 18.9 Å². The maximum atomic E-state index is 6.10. The van der Waals surface area contributed by atoms with Gasteiger partial charge in [0.15, 0.2) is 0 Å². The average Bonchev–Trinajstić information content (AvgIpc) is 3.05. The van der Waals surface area contributed by atoms with Crippen molar-refractivity contribution in [2.24, 2.45) is 0 Å². The number of hydrogen-bond donors (Lipinski definition) is 0. The molecule has 7 heteroatoms. The Kier molecular flexibility index (Phi) is 5.92. The van der Waals surface area contributed by atoms with E-state index in [1.807, 2.05) is 36.7 Å². The molecular formula is C21H27N3O4. The number of anilines is 1. The number of fused-ring (bicyclic) bond motifs is 1. The van der Waals surface area contributed by atoms with Crippen LogP contribution < -0.4 is 14.4 Å². The molecule has 0 unspecified atom stereocenters. The molecule has 0 radical (unpaired) electrons. The molecule has 4 rings (SSSR count). The Labute approximate surface area is 165 Å². The highest BCUT2D eigenvalue weighted by Gasteiger charge is 2.38. The Morgan fingerprint density at radius 1 is 1.07 bits per heavy atom. The zero-order valence-corrected chi connectivity index (χ0v) is 16.4. The number of benzene rings is 1. The van der Waals surface area contributed by atoms with Crippen LogP contribution in [0.4, 0.5) is 5.95 Å². The Morgan fingerprint density at radius 2 is 1.75 bits per heavy atom. The van der Waals surface area contributed by atoms with Gasteiger partial charge in [-0.2, -0.15) is 0 Å². The molecule has 1 aromatic heterocycles. The molecule has 0 amide bonds. The normalized spacial score (nSPS) is 22.6.